The van der Waals surface area contributed by atoms with Crippen molar-refractivity contribution in [2.75, 3.05) is 24.7 Å². The molecule has 24 heteroatoms. The molecule has 0 bridgehead atoms. The molecule has 19 nitrogen and oxygen atoms in total. The van der Waals surface area contributed by atoms with Crippen LogP contribution in [0.5, 0.6) is 0 Å². The van der Waals surface area contributed by atoms with Crippen molar-refractivity contribution in [1.82, 2.24) is 34.1 Å². The van der Waals surface area contributed by atoms with Gasteiger partial charge >= 0.3 is 6.72 Å². The third-order valence-corrected chi connectivity index (χ3v) is 10.0. The normalized spacial score (nSPS) is 37.7. The van der Waals surface area contributed by atoms with Crippen LogP contribution < -0.4 is 17.0 Å². The molecule has 3 aliphatic heterocycles. The molecule has 7 N–H and O–H groups in total. The number of pyridine rings is 1. The van der Waals surface area contributed by atoms with Gasteiger partial charge in [0.25, 0.3) is 13.0 Å². The van der Waals surface area contributed by atoms with Gasteiger partial charge in [0.2, 0.25) is 13.5 Å². The fourth-order valence-corrected chi connectivity index (χ4v) is 7.84. The van der Waals surface area contributed by atoms with Crippen LogP contribution in [0.2, 0.25) is 0 Å². The summed E-state index contributed by atoms with van der Waals surface area (Å²) in [5, 5.41) is 11.2. The first-order chi connectivity index (χ1) is 21.3. The van der Waals surface area contributed by atoms with Crippen molar-refractivity contribution in [2.24, 2.45) is 0 Å². The van der Waals surface area contributed by atoms with Crippen LogP contribution in [-0.2, 0) is 43.9 Å². The van der Waals surface area contributed by atoms with Crippen LogP contribution >= 0.6 is 14.2 Å². The highest BCUT2D eigenvalue weighted by molar-refractivity contribution is 8.07. The highest BCUT2D eigenvalue weighted by Crippen LogP contribution is 2.54. The molecule has 4 aromatic rings. The standard InChI is InChI=1S/C21H23BFN9O10P2S/c22-43(35)37-3-9-15(13(33)20(40-9)32-6-28-12-17(32)29-21(25)30-18(12)34)42-44(36,45)38-4-8-14(41-43)10(23)19(39-8)31-5-27-11-7(24)1-2-26-16(11)31/h1-2,5-6,8-10,13-15,19-20,33H,3-4H2,(H2,24,26)(H,36,45)(H3,25,29,30,34)/t8-,9-,10+,13?,14?,15+,19-,20-,43?,44?/m1/s1. The maximum Gasteiger partial charge on any atom is 0.325 e. The van der Waals surface area contributed by atoms with E-state index in [2.05, 4.69) is 24.9 Å². The molecule has 238 valence electrons. The maximum atomic E-state index is 16.0. The van der Waals surface area contributed by atoms with Gasteiger partial charge in [-0.05, 0) is 17.9 Å². The van der Waals surface area contributed by atoms with Crippen LogP contribution in [-0.4, -0.2) is 102 Å². The molecule has 0 spiro atoms. The zero-order chi connectivity index (χ0) is 31.8. The zero-order valence-electron chi connectivity index (χ0n) is 22.6. The number of nitrogen functional groups attached to an aromatic ring is 2. The Hall–Kier alpha value is -2.88. The van der Waals surface area contributed by atoms with Crippen LogP contribution in [0, 0.1) is 0 Å². The van der Waals surface area contributed by atoms with Crippen molar-refractivity contribution in [3.8, 4) is 0 Å². The summed E-state index contributed by atoms with van der Waals surface area (Å²) in [6.45, 7) is -5.50. The van der Waals surface area contributed by atoms with Crippen molar-refractivity contribution < 1.29 is 46.5 Å². The molecule has 4 aromatic heterocycles. The number of anilines is 2. The number of halogens is 1. The fraction of sp³-hybridized carbons (Fsp3) is 0.476. The van der Waals surface area contributed by atoms with Gasteiger partial charge in [-0.2, -0.15) is 4.98 Å². The van der Waals surface area contributed by atoms with Gasteiger partial charge in [-0.1, -0.05) is 0 Å². The Morgan fingerprint density at radius 3 is 2.47 bits per heavy atom. The van der Waals surface area contributed by atoms with E-state index in [0.29, 0.717) is 11.2 Å². The van der Waals surface area contributed by atoms with Gasteiger partial charge < -0.3 is 44.5 Å². The smallest absolute Gasteiger partial charge is 0.325 e. The lowest BCUT2D eigenvalue weighted by atomic mass is 10.1. The maximum absolute atomic E-state index is 16.0. The van der Waals surface area contributed by atoms with Crippen molar-refractivity contribution in [3.05, 3.63) is 35.3 Å². The second-order valence-corrected chi connectivity index (χ2v) is 14.6. The molecule has 3 aliphatic rings. The molecule has 7 rings (SSSR count). The minimum Gasteiger partial charge on any atom is -0.397 e. The first kappa shape index (κ1) is 30.8. The summed E-state index contributed by atoms with van der Waals surface area (Å²) >= 11 is 5.19. The topological polar surface area (TPSA) is 259 Å². The minimum atomic E-state index is -4.56. The molecule has 7 heterocycles. The number of aliphatic hydroxyl groups excluding tert-OH is 1. The van der Waals surface area contributed by atoms with Crippen LogP contribution in [0.15, 0.2) is 29.7 Å². The average molecular weight is 685 g/mol. The quantitative estimate of drug-likeness (QED) is 0.132. The average Bonchev–Trinajstić information content (AvgIpc) is 3.72. The first-order valence-electron chi connectivity index (χ1n) is 13.1. The zero-order valence-corrected chi connectivity index (χ0v) is 25.2. The molecular weight excluding hydrogens is 662 g/mol. The number of imidazole rings is 2. The van der Waals surface area contributed by atoms with Gasteiger partial charge in [-0.15, -0.1) is 0 Å². The molecule has 0 saturated carbocycles. The van der Waals surface area contributed by atoms with Gasteiger partial charge in [0.05, 0.1) is 31.6 Å². The number of aromatic nitrogens is 7. The molecular formula is C21H23BFN9O10P2S. The SMILES string of the molecule is [B]P1(=O)OC[C@H]2O[C@@H](n3cnc4c(=O)[nH]c(N)nc43)C(O)[C@H]2OP(O)(=S)OC[C@H]2O[C@@H](n3cnc4c(N)ccnc43)[C@@H](F)C2O1. The Morgan fingerprint density at radius 2 is 1.69 bits per heavy atom. The van der Waals surface area contributed by atoms with Crippen LogP contribution in [0.3, 0.4) is 0 Å². The summed E-state index contributed by atoms with van der Waals surface area (Å²) in [5.74, 6) is -0.226. The number of aromatic amines is 1. The largest absolute Gasteiger partial charge is 0.397 e. The number of H-pyrrole nitrogens is 1. The molecule has 0 aliphatic carbocycles. The number of hydrogen-bond donors (Lipinski definition) is 5. The van der Waals surface area contributed by atoms with Crippen molar-refractivity contribution in [2.45, 2.75) is 49.1 Å². The number of nitrogens with zero attached hydrogens (tertiary/aromatic N) is 6. The lowest BCUT2D eigenvalue weighted by Crippen LogP contribution is -2.38. The Balaban J connectivity index is 1.17. The van der Waals surface area contributed by atoms with Crippen LogP contribution in [0.25, 0.3) is 22.3 Å². The molecule has 0 amide bonds. The van der Waals surface area contributed by atoms with Gasteiger partial charge in [-0.3, -0.25) is 28.0 Å². The van der Waals surface area contributed by atoms with E-state index >= 15 is 4.39 Å². The number of ether oxygens (including phenoxy) is 2. The molecule has 10 atom stereocenters. The lowest BCUT2D eigenvalue weighted by Gasteiger charge is -2.30. The van der Waals surface area contributed by atoms with Crippen LogP contribution in [0.4, 0.5) is 16.0 Å². The highest BCUT2D eigenvalue weighted by atomic mass is 32.5. The Morgan fingerprint density at radius 1 is 1.02 bits per heavy atom. The summed E-state index contributed by atoms with van der Waals surface area (Å²) in [6.07, 6.45) is -8.33. The predicted octanol–water partition coefficient (Wildman–Crippen LogP) is -0.467. The molecule has 3 fully saturated rings. The minimum absolute atomic E-state index is 0.0388. The van der Waals surface area contributed by atoms with E-state index in [1.807, 2.05) is 0 Å². The van der Waals surface area contributed by atoms with E-state index in [9.17, 15) is 19.4 Å². The molecule has 2 radical (unpaired) electrons. The molecule has 0 aromatic carbocycles. The van der Waals surface area contributed by atoms with E-state index in [0.717, 1.165) is 0 Å². The van der Waals surface area contributed by atoms with E-state index in [4.69, 9.17) is 58.4 Å². The highest BCUT2D eigenvalue weighted by Gasteiger charge is 2.53. The monoisotopic (exact) mass is 685 g/mol. The van der Waals surface area contributed by atoms with E-state index < -0.39 is 82.1 Å². The molecule has 4 unspecified atom stereocenters. The van der Waals surface area contributed by atoms with Crippen molar-refractivity contribution >= 4 is 67.5 Å². The lowest BCUT2D eigenvalue weighted by molar-refractivity contribution is -0.0572. The number of fused-ring (bicyclic) bond motifs is 4. The second kappa shape index (κ2) is 11.1. The number of aliphatic hydroxyl groups is 1. The third kappa shape index (κ3) is 5.49. The molecule has 45 heavy (non-hydrogen) atoms. The number of alkyl halides is 1. The summed E-state index contributed by atoms with van der Waals surface area (Å²) in [7, 11) is 1.29. The van der Waals surface area contributed by atoms with E-state index in [1.54, 1.807) is 0 Å². The summed E-state index contributed by atoms with van der Waals surface area (Å²) in [6, 6.07) is 1.52. The van der Waals surface area contributed by atoms with Crippen LogP contribution in [0.1, 0.15) is 12.5 Å². The summed E-state index contributed by atoms with van der Waals surface area (Å²) in [5.41, 5.74) is 11.6. The van der Waals surface area contributed by atoms with E-state index in [1.165, 1.54) is 34.1 Å². The van der Waals surface area contributed by atoms with Crippen molar-refractivity contribution in [1.29, 1.82) is 0 Å². The second-order valence-electron chi connectivity index (χ2n) is 10.3. The third-order valence-electron chi connectivity index (χ3n) is 7.41. The summed E-state index contributed by atoms with van der Waals surface area (Å²) in [4.78, 5) is 41.9. The Kier molecular flexibility index (Phi) is 7.61. The number of hydrogen-bond acceptors (Lipinski definition) is 16. The summed E-state index contributed by atoms with van der Waals surface area (Å²) < 4.78 is 65.4. The van der Waals surface area contributed by atoms with Gasteiger partial charge in [0.15, 0.2) is 35.4 Å². The van der Waals surface area contributed by atoms with Gasteiger partial charge in [0, 0.05) is 6.20 Å². The fourth-order valence-electron chi connectivity index (χ4n) is 5.39. The van der Waals surface area contributed by atoms with Gasteiger partial charge in [-0.25, -0.2) is 19.3 Å². The molecule has 3 saturated heterocycles. The van der Waals surface area contributed by atoms with Gasteiger partial charge in [0.1, 0.15) is 36.0 Å². The Labute approximate surface area is 257 Å². The van der Waals surface area contributed by atoms with E-state index in [-0.39, 0.29) is 22.8 Å². The number of nitrogens with two attached hydrogens (primary N) is 2. The number of rotatable bonds is 2. The van der Waals surface area contributed by atoms with Crippen molar-refractivity contribution in [3.63, 3.8) is 0 Å². The first-order valence-corrected chi connectivity index (χ1v) is 17.3. The predicted molar refractivity (Wildman–Crippen MR) is 155 cm³/mol. The Bertz CT molecular complexity index is 1950. The number of nitrogens with one attached hydrogen (secondary N) is 1.